The van der Waals surface area contributed by atoms with E-state index in [9.17, 15) is 9.59 Å². The van der Waals surface area contributed by atoms with Crippen LogP contribution in [0.5, 0.6) is 0 Å². The highest BCUT2D eigenvalue weighted by Gasteiger charge is 2.59. The summed E-state index contributed by atoms with van der Waals surface area (Å²) in [4.78, 5) is 23.7. The molecule has 0 bridgehead atoms. The fourth-order valence-corrected chi connectivity index (χ4v) is 7.74. The van der Waals surface area contributed by atoms with Crippen LogP contribution in [0.2, 0.25) is 0 Å². The number of carbonyl (C=O) groups is 2. The lowest BCUT2D eigenvalue weighted by molar-refractivity contribution is -0.143. The minimum absolute atomic E-state index is 0.0107. The van der Waals surface area contributed by atoms with Crippen LogP contribution in [0.25, 0.3) is 0 Å². The molecule has 158 valence electrons. The Hall–Kier alpha value is -1.12. The standard InChI is InChI=1S/C25H40O3/c1-17-8-11-21-24(4,19(17)10-9-18(26)16-22(27)28-6)15-12-20-23(2,3)13-7-14-25(20,21)5/h20-21H,7-16H2,1-6H3/t20-,21-,24-,25-/m1/s1. The molecule has 0 spiro atoms. The van der Waals surface area contributed by atoms with E-state index in [1.165, 1.54) is 63.2 Å². The predicted octanol–water partition coefficient (Wildman–Crippen LogP) is 6.26. The maximum Gasteiger partial charge on any atom is 0.313 e. The summed E-state index contributed by atoms with van der Waals surface area (Å²) in [6.45, 7) is 12.3. The first-order chi connectivity index (χ1) is 13.0. The Morgan fingerprint density at radius 3 is 2.43 bits per heavy atom. The van der Waals surface area contributed by atoms with Crippen molar-refractivity contribution < 1.29 is 14.3 Å². The Kier molecular flexibility index (Phi) is 5.87. The number of hydrogen-bond donors (Lipinski definition) is 0. The van der Waals surface area contributed by atoms with Crippen LogP contribution in [-0.4, -0.2) is 18.9 Å². The zero-order valence-corrected chi connectivity index (χ0v) is 19.0. The van der Waals surface area contributed by atoms with Gasteiger partial charge in [0.25, 0.3) is 0 Å². The quantitative estimate of drug-likeness (QED) is 0.317. The van der Waals surface area contributed by atoms with E-state index in [0.717, 1.165) is 12.3 Å². The highest BCUT2D eigenvalue weighted by molar-refractivity contribution is 5.95. The van der Waals surface area contributed by atoms with Crippen LogP contribution < -0.4 is 0 Å². The molecule has 3 aliphatic rings. The van der Waals surface area contributed by atoms with Gasteiger partial charge in [-0.1, -0.05) is 45.3 Å². The number of carbonyl (C=O) groups excluding carboxylic acids is 2. The molecule has 3 nitrogen and oxygen atoms in total. The second-order valence-corrected chi connectivity index (χ2v) is 11.0. The zero-order valence-electron chi connectivity index (χ0n) is 19.0. The van der Waals surface area contributed by atoms with Crippen LogP contribution in [0.4, 0.5) is 0 Å². The third kappa shape index (κ3) is 3.59. The molecule has 0 unspecified atom stereocenters. The topological polar surface area (TPSA) is 43.4 Å². The molecular formula is C25H40O3. The van der Waals surface area contributed by atoms with E-state index in [1.807, 2.05) is 0 Å². The Labute approximate surface area is 171 Å². The van der Waals surface area contributed by atoms with Crippen LogP contribution >= 0.6 is 0 Å². The molecule has 2 fully saturated rings. The van der Waals surface area contributed by atoms with Crippen LogP contribution in [0.1, 0.15) is 98.8 Å². The first kappa shape index (κ1) is 21.6. The average Bonchev–Trinajstić information content (AvgIpc) is 2.59. The van der Waals surface area contributed by atoms with Gasteiger partial charge in [0, 0.05) is 6.42 Å². The molecular weight excluding hydrogens is 348 g/mol. The van der Waals surface area contributed by atoms with Gasteiger partial charge in [-0.15, -0.1) is 0 Å². The molecule has 3 aliphatic carbocycles. The summed E-state index contributed by atoms with van der Waals surface area (Å²) in [5, 5.41) is 0. The Morgan fingerprint density at radius 2 is 1.75 bits per heavy atom. The molecule has 2 saturated carbocycles. The third-order valence-electron chi connectivity index (χ3n) is 9.03. The fourth-order valence-electron chi connectivity index (χ4n) is 7.74. The first-order valence-electron chi connectivity index (χ1n) is 11.3. The van der Waals surface area contributed by atoms with Gasteiger partial charge in [0.05, 0.1) is 7.11 Å². The van der Waals surface area contributed by atoms with Gasteiger partial charge in [-0.2, -0.15) is 0 Å². The lowest BCUT2D eigenvalue weighted by Gasteiger charge is -2.64. The molecule has 28 heavy (non-hydrogen) atoms. The largest absolute Gasteiger partial charge is 0.469 e. The first-order valence-corrected chi connectivity index (χ1v) is 11.3. The van der Waals surface area contributed by atoms with Crippen molar-refractivity contribution >= 4 is 11.8 Å². The van der Waals surface area contributed by atoms with Gasteiger partial charge in [0.15, 0.2) is 0 Å². The Balaban J connectivity index is 1.82. The lowest BCUT2D eigenvalue weighted by atomic mass is 9.40. The summed E-state index contributed by atoms with van der Waals surface area (Å²) in [7, 11) is 1.35. The van der Waals surface area contributed by atoms with E-state index in [4.69, 9.17) is 0 Å². The van der Waals surface area contributed by atoms with Crippen molar-refractivity contribution in [2.24, 2.45) is 28.1 Å². The number of hydrogen-bond acceptors (Lipinski definition) is 3. The molecule has 0 saturated heterocycles. The van der Waals surface area contributed by atoms with Crippen molar-refractivity contribution in [3.8, 4) is 0 Å². The van der Waals surface area contributed by atoms with Crippen molar-refractivity contribution in [3.63, 3.8) is 0 Å². The zero-order chi connectivity index (χ0) is 20.7. The summed E-state index contributed by atoms with van der Waals surface area (Å²) in [5.74, 6) is 1.12. The summed E-state index contributed by atoms with van der Waals surface area (Å²) in [5.41, 5.74) is 4.11. The van der Waals surface area contributed by atoms with E-state index in [2.05, 4.69) is 39.4 Å². The highest BCUT2D eigenvalue weighted by Crippen LogP contribution is 2.68. The molecule has 4 atom stereocenters. The molecule has 0 N–H and O–H groups in total. The van der Waals surface area contributed by atoms with Gasteiger partial charge >= 0.3 is 5.97 Å². The molecule has 0 aromatic carbocycles. The number of methoxy groups -OCH3 is 1. The molecule has 3 heteroatoms. The number of allylic oxidation sites excluding steroid dienone is 2. The summed E-state index contributed by atoms with van der Waals surface area (Å²) in [6, 6.07) is 0. The van der Waals surface area contributed by atoms with Crippen molar-refractivity contribution in [2.75, 3.05) is 7.11 Å². The van der Waals surface area contributed by atoms with Crippen molar-refractivity contribution in [1.82, 2.24) is 0 Å². The molecule has 3 rings (SSSR count). The summed E-state index contributed by atoms with van der Waals surface area (Å²) in [6.07, 6.45) is 10.3. The molecule has 0 heterocycles. The van der Waals surface area contributed by atoms with E-state index in [-0.39, 0.29) is 17.6 Å². The fraction of sp³-hybridized carbons (Fsp3) is 0.840. The molecule has 0 radical (unpaired) electrons. The highest BCUT2D eigenvalue weighted by atomic mass is 16.5. The predicted molar refractivity (Wildman–Crippen MR) is 113 cm³/mol. The van der Waals surface area contributed by atoms with Gasteiger partial charge in [-0.05, 0) is 80.0 Å². The molecule has 0 aromatic rings. The smallest absolute Gasteiger partial charge is 0.313 e. The summed E-state index contributed by atoms with van der Waals surface area (Å²) < 4.78 is 4.66. The van der Waals surface area contributed by atoms with Crippen LogP contribution in [0, 0.1) is 28.1 Å². The minimum Gasteiger partial charge on any atom is -0.469 e. The normalized spacial score (nSPS) is 37.1. The van der Waals surface area contributed by atoms with E-state index >= 15 is 0 Å². The Bertz CT molecular complexity index is 673. The molecule has 0 aliphatic heterocycles. The average molecular weight is 389 g/mol. The number of ether oxygens (including phenoxy) is 1. The second kappa shape index (κ2) is 7.61. The third-order valence-corrected chi connectivity index (χ3v) is 9.03. The van der Waals surface area contributed by atoms with E-state index in [1.54, 1.807) is 0 Å². The van der Waals surface area contributed by atoms with Crippen molar-refractivity contribution in [3.05, 3.63) is 11.1 Å². The van der Waals surface area contributed by atoms with Gasteiger partial charge in [-0.25, -0.2) is 0 Å². The second-order valence-electron chi connectivity index (χ2n) is 11.0. The number of Topliss-reactive ketones (excluding diaryl/α,β-unsaturated/α-hetero) is 1. The van der Waals surface area contributed by atoms with Gasteiger partial charge in [0.2, 0.25) is 0 Å². The van der Waals surface area contributed by atoms with Gasteiger partial charge < -0.3 is 4.74 Å². The molecule has 0 aromatic heterocycles. The van der Waals surface area contributed by atoms with E-state index < -0.39 is 5.97 Å². The minimum atomic E-state index is -0.416. The number of esters is 1. The number of fused-ring (bicyclic) bond motifs is 3. The lowest BCUT2D eigenvalue weighted by Crippen LogP contribution is -2.56. The van der Waals surface area contributed by atoms with Crippen molar-refractivity contribution in [2.45, 2.75) is 98.8 Å². The van der Waals surface area contributed by atoms with E-state index in [0.29, 0.717) is 23.2 Å². The summed E-state index contributed by atoms with van der Waals surface area (Å²) >= 11 is 0. The maximum atomic E-state index is 12.3. The van der Waals surface area contributed by atoms with Crippen LogP contribution in [0.3, 0.4) is 0 Å². The maximum absolute atomic E-state index is 12.3. The van der Waals surface area contributed by atoms with Gasteiger partial charge in [0.1, 0.15) is 12.2 Å². The van der Waals surface area contributed by atoms with Gasteiger partial charge in [-0.3, -0.25) is 9.59 Å². The monoisotopic (exact) mass is 388 g/mol. The molecule has 0 amide bonds. The van der Waals surface area contributed by atoms with Crippen LogP contribution in [-0.2, 0) is 14.3 Å². The number of ketones is 1. The van der Waals surface area contributed by atoms with Crippen molar-refractivity contribution in [1.29, 1.82) is 0 Å². The van der Waals surface area contributed by atoms with Crippen LogP contribution in [0.15, 0.2) is 11.1 Å². The Morgan fingerprint density at radius 1 is 1.04 bits per heavy atom. The number of rotatable bonds is 5. The SMILES string of the molecule is COC(=O)CC(=O)CCC1=C(C)CC[C@H]2[C@]3(C)CCCC(C)(C)[C@H]3CC[C@]12C.